The molecule has 0 saturated carbocycles. The van der Waals surface area contributed by atoms with Gasteiger partial charge in [-0.05, 0) is 57.9 Å². The molecule has 104 valence electrons. The van der Waals surface area contributed by atoms with Crippen LogP contribution in [0.15, 0.2) is 24.3 Å². The van der Waals surface area contributed by atoms with Crippen LogP contribution in [-0.4, -0.2) is 24.0 Å². The first-order valence-electron chi connectivity index (χ1n) is 7.12. The Labute approximate surface area is 116 Å². The molecule has 1 N–H and O–H groups in total. The predicted molar refractivity (Wildman–Crippen MR) is 79.5 cm³/mol. The summed E-state index contributed by atoms with van der Waals surface area (Å²) in [6.07, 6.45) is 1.98. The van der Waals surface area contributed by atoms with Crippen LogP contribution >= 0.6 is 0 Å². The molecule has 1 saturated heterocycles. The summed E-state index contributed by atoms with van der Waals surface area (Å²) in [7, 11) is 0. The van der Waals surface area contributed by atoms with E-state index >= 15 is 0 Å². The van der Waals surface area contributed by atoms with E-state index in [-0.39, 0.29) is 17.5 Å². The molecule has 1 fully saturated rings. The number of nitrogens with one attached hydrogen (secondary N) is 1. The molecule has 1 aromatic carbocycles. The van der Waals surface area contributed by atoms with E-state index in [0.717, 1.165) is 25.1 Å². The number of hydrogen-bond acceptors (Lipinski definition) is 2. The minimum Gasteiger partial charge on any atom is -0.306 e. The highest BCUT2D eigenvalue weighted by Gasteiger charge is 2.36. The standard InChI is InChI=1S/C16H24N2O/c1-5-13-6-8-14(9-7-13)18-15(19)12(2)17-11-10-16(18,3)4/h6-9,12,17H,5,10-11H2,1-4H3. The molecule has 1 aliphatic heterocycles. The van der Waals surface area contributed by atoms with Crippen LogP contribution in [0.4, 0.5) is 5.69 Å². The van der Waals surface area contributed by atoms with Crippen molar-refractivity contribution >= 4 is 11.6 Å². The number of nitrogens with zero attached hydrogens (tertiary/aromatic N) is 1. The van der Waals surface area contributed by atoms with Gasteiger partial charge in [0, 0.05) is 11.2 Å². The number of carbonyl (C=O) groups excluding carboxylic acids is 1. The Morgan fingerprint density at radius 1 is 1.32 bits per heavy atom. The molecule has 0 spiro atoms. The fraction of sp³-hybridized carbons (Fsp3) is 0.562. The molecule has 1 aliphatic rings. The summed E-state index contributed by atoms with van der Waals surface area (Å²) in [4.78, 5) is 14.5. The van der Waals surface area contributed by atoms with Crippen molar-refractivity contribution in [3.8, 4) is 0 Å². The van der Waals surface area contributed by atoms with Gasteiger partial charge in [0.15, 0.2) is 0 Å². The third kappa shape index (κ3) is 2.81. The monoisotopic (exact) mass is 260 g/mol. The quantitative estimate of drug-likeness (QED) is 0.886. The van der Waals surface area contributed by atoms with Crippen molar-refractivity contribution < 1.29 is 4.79 Å². The molecule has 0 radical (unpaired) electrons. The maximum absolute atomic E-state index is 12.6. The summed E-state index contributed by atoms with van der Waals surface area (Å²) in [6, 6.07) is 8.24. The van der Waals surface area contributed by atoms with Crippen molar-refractivity contribution in [2.75, 3.05) is 11.4 Å². The summed E-state index contributed by atoms with van der Waals surface area (Å²) in [5, 5.41) is 3.28. The van der Waals surface area contributed by atoms with Crippen molar-refractivity contribution in [1.29, 1.82) is 0 Å². The lowest BCUT2D eigenvalue weighted by molar-refractivity contribution is -0.120. The Morgan fingerprint density at radius 3 is 2.53 bits per heavy atom. The van der Waals surface area contributed by atoms with Gasteiger partial charge in [-0.25, -0.2) is 0 Å². The minimum atomic E-state index is -0.150. The van der Waals surface area contributed by atoms with Crippen LogP contribution in [0.3, 0.4) is 0 Å². The number of benzene rings is 1. The van der Waals surface area contributed by atoms with Crippen molar-refractivity contribution in [1.82, 2.24) is 5.32 Å². The van der Waals surface area contributed by atoms with Crippen LogP contribution < -0.4 is 10.2 Å². The van der Waals surface area contributed by atoms with E-state index in [1.165, 1.54) is 5.56 Å². The van der Waals surface area contributed by atoms with Gasteiger partial charge in [-0.15, -0.1) is 0 Å². The van der Waals surface area contributed by atoms with E-state index in [0.29, 0.717) is 0 Å². The number of carbonyl (C=O) groups is 1. The van der Waals surface area contributed by atoms with Crippen LogP contribution in [0.1, 0.15) is 39.7 Å². The fourth-order valence-corrected chi connectivity index (χ4v) is 2.64. The molecular weight excluding hydrogens is 236 g/mol. The second-order valence-corrected chi connectivity index (χ2v) is 5.93. The maximum atomic E-state index is 12.6. The molecular formula is C16H24N2O. The lowest BCUT2D eigenvalue weighted by Gasteiger charge is -2.37. The van der Waals surface area contributed by atoms with Gasteiger partial charge in [0.2, 0.25) is 5.91 Å². The molecule has 0 aliphatic carbocycles. The number of rotatable bonds is 2. The van der Waals surface area contributed by atoms with Crippen LogP contribution in [-0.2, 0) is 11.2 Å². The number of hydrogen-bond donors (Lipinski definition) is 1. The number of amides is 1. The normalized spacial score (nSPS) is 23.3. The molecule has 0 bridgehead atoms. The SMILES string of the molecule is CCc1ccc(N2C(=O)C(C)NCCC2(C)C)cc1. The predicted octanol–water partition coefficient (Wildman–Crippen LogP) is 2.74. The van der Waals surface area contributed by atoms with Gasteiger partial charge in [0.05, 0.1) is 6.04 Å². The third-order valence-electron chi connectivity index (χ3n) is 3.99. The van der Waals surface area contributed by atoms with E-state index in [4.69, 9.17) is 0 Å². The minimum absolute atomic E-state index is 0.118. The second kappa shape index (κ2) is 5.33. The zero-order chi connectivity index (χ0) is 14.0. The molecule has 1 unspecified atom stereocenters. The van der Waals surface area contributed by atoms with Crippen molar-refractivity contribution in [3.63, 3.8) is 0 Å². The topological polar surface area (TPSA) is 32.3 Å². The Kier molecular flexibility index (Phi) is 3.95. The summed E-state index contributed by atoms with van der Waals surface area (Å²) < 4.78 is 0. The molecule has 1 atom stereocenters. The lowest BCUT2D eigenvalue weighted by atomic mass is 9.97. The first-order chi connectivity index (χ1) is 8.95. The molecule has 19 heavy (non-hydrogen) atoms. The van der Waals surface area contributed by atoms with Crippen LogP contribution in [0.25, 0.3) is 0 Å². The molecule has 0 aromatic heterocycles. The van der Waals surface area contributed by atoms with E-state index < -0.39 is 0 Å². The average Bonchev–Trinajstić information content (AvgIpc) is 2.47. The van der Waals surface area contributed by atoms with E-state index in [1.807, 2.05) is 11.8 Å². The average molecular weight is 260 g/mol. The highest BCUT2D eigenvalue weighted by Crippen LogP contribution is 2.29. The Bertz CT molecular complexity index is 450. The first-order valence-corrected chi connectivity index (χ1v) is 7.12. The summed E-state index contributed by atoms with van der Waals surface area (Å²) in [6.45, 7) is 9.24. The Morgan fingerprint density at radius 2 is 1.95 bits per heavy atom. The molecule has 3 heteroatoms. The molecule has 2 rings (SSSR count). The van der Waals surface area contributed by atoms with Gasteiger partial charge < -0.3 is 10.2 Å². The summed E-state index contributed by atoms with van der Waals surface area (Å²) >= 11 is 0. The molecule has 3 nitrogen and oxygen atoms in total. The Balaban J connectivity index is 2.38. The van der Waals surface area contributed by atoms with Gasteiger partial charge in [0.1, 0.15) is 0 Å². The van der Waals surface area contributed by atoms with E-state index in [9.17, 15) is 4.79 Å². The van der Waals surface area contributed by atoms with E-state index in [2.05, 4.69) is 50.4 Å². The van der Waals surface area contributed by atoms with Gasteiger partial charge >= 0.3 is 0 Å². The smallest absolute Gasteiger partial charge is 0.244 e. The van der Waals surface area contributed by atoms with E-state index in [1.54, 1.807) is 0 Å². The van der Waals surface area contributed by atoms with Gasteiger partial charge in [0.25, 0.3) is 0 Å². The van der Waals surface area contributed by atoms with Gasteiger partial charge in [-0.1, -0.05) is 19.1 Å². The second-order valence-electron chi connectivity index (χ2n) is 5.93. The van der Waals surface area contributed by atoms with Crippen LogP contribution in [0.2, 0.25) is 0 Å². The molecule has 1 amide bonds. The van der Waals surface area contributed by atoms with Gasteiger partial charge in [-0.3, -0.25) is 4.79 Å². The zero-order valence-electron chi connectivity index (χ0n) is 12.4. The highest BCUT2D eigenvalue weighted by atomic mass is 16.2. The first kappa shape index (κ1) is 14.1. The summed E-state index contributed by atoms with van der Waals surface area (Å²) in [5.41, 5.74) is 2.15. The van der Waals surface area contributed by atoms with Gasteiger partial charge in [-0.2, -0.15) is 0 Å². The van der Waals surface area contributed by atoms with Crippen molar-refractivity contribution in [3.05, 3.63) is 29.8 Å². The molecule has 1 heterocycles. The Hall–Kier alpha value is -1.35. The highest BCUT2D eigenvalue weighted by molar-refractivity contribution is 5.98. The lowest BCUT2D eigenvalue weighted by Crippen LogP contribution is -2.50. The zero-order valence-corrected chi connectivity index (χ0v) is 12.4. The third-order valence-corrected chi connectivity index (χ3v) is 3.99. The number of aryl methyl sites for hydroxylation is 1. The molecule has 1 aromatic rings. The number of anilines is 1. The summed E-state index contributed by atoms with van der Waals surface area (Å²) in [5.74, 6) is 0.159. The van der Waals surface area contributed by atoms with Crippen molar-refractivity contribution in [2.24, 2.45) is 0 Å². The maximum Gasteiger partial charge on any atom is 0.244 e. The van der Waals surface area contributed by atoms with Crippen LogP contribution in [0, 0.1) is 0 Å². The van der Waals surface area contributed by atoms with Crippen LogP contribution in [0.5, 0.6) is 0 Å². The largest absolute Gasteiger partial charge is 0.306 e. The fourth-order valence-electron chi connectivity index (χ4n) is 2.64. The van der Waals surface area contributed by atoms with Crippen molar-refractivity contribution in [2.45, 2.75) is 52.1 Å².